The minimum Gasteiger partial charge on any atom is -0.465 e. The first-order chi connectivity index (χ1) is 9.63. The molecule has 0 aliphatic carbocycles. The molecule has 0 unspecified atom stereocenters. The highest BCUT2D eigenvalue weighted by molar-refractivity contribution is 9.10. The first-order valence-corrected chi connectivity index (χ1v) is 7.86. The summed E-state index contributed by atoms with van der Waals surface area (Å²) in [7, 11) is 0. The molecule has 0 spiro atoms. The molecule has 0 aromatic heterocycles. The van der Waals surface area contributed by atoms with E-state index in [1.165, 1.54) is 5.56 Å². The van der Waals surface area contributed by atoms with Gasteiger partial charge in [0, 0.05) is 17.6 Å². The van der Waals surface area contributed by atoms with Gasteiger partial charge >= 0.3 is 6.09 Å². The Balaban J connectivity index is 1.68. The number of carbonyl (C=O) groups is 1. The molecule has 1 aliphatic heterocycles. The van der Waals surface area contributed by atoms with E-state index in [-0.39, 0.29) is 0 Å². The predicted octanol–water partition coefficient (Wildman–Crippen LogP) is 3.32. The number of likely N-dealkylation sites (tertiary alicyclic amines) is 1. The molecule has 1 aliphatic rings. The number of halogens is 1. The Bertz CT molecular complexity index is 428. The Labute approximate surface area is 128 Å². The lowest BCUT2D eigenvalue weighted by Gasteiger charge is -2.32. The van der Waals surface area contributed by atoms with Gasteiger partial charge in [-0.1, -0.05) is 28.1 Å². The van der Waals surface area contributed by atoms with E-state index in [0.717, 1.165) is 43.4 Å². The number of hydrogen-bond donors (Lipinski definition) is 2. The molecule has 1 aromatic carbocycles. The monoisotopic (exact) mass is 340 g/mol. The van der Waals surface area contributed by atoms with Gasteiger partial charge < -0.3 is 10.4 Å². The molecule has 4 nitrogen and oxygen atoms in total. The number of nitrogens with one attached hydrogen (secondary N) is 1. The van der Waals surface area contributed by atoms with Gasteiger partial charge in [0.15, 0.2) is 0 Å². The molecule has 20 heavy (non-hydrogen) atoms. The van der Waals surface area contributed by atoms with Crippen molar-refractivity contribution in [1.82, 2.24) is 10.2 Å². The summed E-state index contributed by atoms with van der Waals surface area (Å²) in [6.45, 7) is 3.79. The normalized spacial score (nSPS) is 17.1. The van der Waals surface area contributed by atoms with Crippen molar-refractivity contribution in [3.8, 4) is 0 Å². The van der Waals surface area contributed by atoms with Gasteiger partial charge in [0.25, 0.3) is 0 Å². The van der Waals surface area contributed by atoms with Crippen molar-refractivity contribution in [2.75, 3.05) is 19.6 Å². The summed E-state index contributed by atoms with van der Waals surface area (Å²) in [5, 5.41) is 11.0. The highest BCUT2D eigenvalue weighted by Gasteiger charge is 2.19. The van der Waals surface area contributed by atoms with E-state index in [0.29, 0.717) is 12.5 Å². The first-order valence-electron chi connectivity index (χ1n) is 7.07. The molecule has 110 valence electrons. The largest absolute Gasteiger partial charge is 0.465 e. The predicted molar refractivity (Wildman–Crippen MR) is 82.8 cm³/mol. The van der Waals surface area contributed by atoms with Crippen LogP contribution in [-0.2, 0) is 6.54 Å². The highest BCUT2D eigenvalue weighted by atomic mass is 79.9. The van der Waals surface area contributed by atoms with Crippen LogP contribution in [0.2, 0.25) is 0 Å². The fraction of sp³-hybridized carbons (Fsp3) is 0.533. The summed E-state index contributed by atoms with van der Waals surface area (Å²) in [4.78, 5) is 12.9. The Hall–Kier alpha value is -1.07. The number of hydrogen-bond acceptors (Lipinski definition) is 2. The van der Waals surface area contributed by atoms with Crippen molar-refractivity contribution in [2.45, 2.75) is 25.8 Å². The second kappa shape index (κ2) is 7.64. The van der Waals surface area contributed by atoms with Gasteiger partial charge in [-0.2, -0.15) is 0 Å². The fourth-order valence-electron chi connectivity index (χ4n) is 2.66. The molecule has 1 aromatic rings. The van der Waals surface area contributed by atoms with Gasteiger partial charge in [0.2, 0.25) is 0 Å². The lowest BCUT2D eigenvalue weighted by atomic mass is 9.93. The van der Waals surface area contributed by atoms with Crippen LogP contribution >= 0.6 is 15.9 Å². The van der Waals surface area contributed by atoms with Gasteiger partial charge in [0.1, 0.15) is 0 Å². The fourth-order valence-corrected chi connectivity index (χ4v) is 2.93. The second-order valence-corrected chi connectivity index (χ2v) is 6.28. The number of nitrogens with zero attached hydrogens (tertiary/aromatic N) is 1. The van der Waals surface area contributed by atoms with E-state index in [2.05, 4.69) is 50.4 Å². The van der Waals surface area contributed by atoms with E-state index in [9.17, 15) is 4.79 Å². The van der Waals surface area contributed by atoms with E-state index >= 15 is 0 Å². The summed E-state index contributed by atoms with van der Waals surface area (Å²) in [6, 6.07) is 8.49. The van der Waals surface area contributed by atoms with Crippen LogP contribution in [0, 0.1) is 5.92 Å². The average Bonchev–Trinajstić information content (AvgIpc) is 2.43. The Morgan fingerprint density at radius 3 is 2.55 bits per heavy atom. The summed E-state index contributed by atoms with van der Waals surface area (Å²) >= 11 is 3.45. The van der Waals surface area contributed by atoms with Crippen LogP contribution in [0.4, 0.5) is 4.79 Å². The minimum absolute atomic E-state index is 0.576. The molecule has 1 heterocycles. The Morgan fingerprint density at radius 2 is 1.95 bits per heavy atom. The molecule has 5 heteroatoms. The maximum atomic E-state index is 10.4. The zero-order valence-corrected chi connectivity index (χ0v) is 13.1. The van der Waals surface area contributed by atoms with Crippen molar-refractivity contribution < 1.29 is 9.90 Å². The zero-order chi connectivity index (χ0) is 14.4. The third-order valence-corrected chi connectivity index (χ3v) is 4.38. The van der Waals surface area contributed by atoms with Crippen LogP contribution in [0.25, 0.3) is 0 Å². The molecular weight excluding hydrogens is 320 g/mol. The number of carboxylic acid groups (broad SMARTS) is 1. The third kappa shape index (κ3) is 5.13. The standard InChI is InChI=1S/C15H21BrN2O2/c16-14-3-1-13(2-4-14)11-18-9-6-12(7-10-18)5-8-17-15(19)20/h1-4,12,17H,5-11H2,(H,19,20). The Morgan fingerprint density at radius 1 is 1.30 bits per heavy atom. The van der Waals surface area contributed by atoms with Crippen molar-refractivity contribution >= 4 is 22.0 Å². The molecule has 0 saturated carbocycles. The van der Waals surface area contributed by atoms with Crippen LogP contribution in [-0.4, -0.2) is 35.7 Å². The maximum Gasteiger partial charge on any atom is 0.404 e. The van der Waals surface area contributed by atoms with Gasteiger partial charge in [-0.3, -0.25) is 4.90 Å². The SMILES string of the molecule is O=C(O)NCCC1CCN(Cc2ccc(Br)cc2)CC1. The number of rotatable bonds is 5. The van der Waals surface area contributed by atoms with Gasteiger partial charge in [-0.25, -0.2) is 4.79 Å². The number of amides is 1. The van der Waals surface area contributed by atoms with Crippen molar-refractivity contribution in [1.29, 1.82) is 0 Å². The van der Waals surface area contributed by atoms with Crippen LogP contribution in [0.5, 0.6) is 0 Å². The number of benzene rings is 1. The van der Waals surface area contributed by atoms with Crippen LogP contribution in [0.15, 0.2) is 28.7 Å². The van der Waals surface area contributed by atoms with E-state index in [4.69, 9.17) is 5.11 Å². The van der Waals surface area contributed by atoms with Crippen molar-refractivity contribution in [2.24, 2.45) is 5.92 Å². The molecule has 1 amide bonds. The molecule has 0 radical (unpaired) electrons. The minimum atomic E-state index is -0.919. The lowest BCUT2D eigenvalue weighted by molar-refractivity contribution is 0.168. The van der Waals surface area contributed by atoms with Gasteiger partial charge in [0.05, 0.1) is 0 Å². The van der Waals surface area contributed by atoms with E-state index in [1.807, 2.05) is 0 Å². The van der Waals surface area contributed by atoms with E-state index < -0.39 is 6.09 Å². The van der Waals surface area contributed by atoms with Crippen molar-refractivity contribution in [3.63, 3.8) is 0 Å². The quantitative estimate of drug-likeness (QED) is 0.864. The second-order valence-electron chi connectivity index (χ2n) is 5.37. The summed E-state index contributed by atoms with van der Waals surface area (Å²) in [5.74, 6) is 0.656. The molecule has 2 rings (SSSR count). The van der Waals surface area contributed by atoms with Crippen LogP contribution in [0.3, 0.4) is 0 Å². The van der Waals surface area contributed by atoms with Gasteiger partial charge in [-0.15, -0.1) is 0 Å². The molecule has 1 fully saturated rings. The average molecular weight is 341 g/mol. The van der Waals surface area contributed by atoms with Gasteiger partial charge in [-0.05, 0) is 56.0 Å². The lowest BCUT2D eigenvalue weighted by Crippen LogP contribution is -2.34. The number of piperidine rings is 1. The molecule has 0 atom stereocenters. The topological polar surface area (TPSA) is 52.6 Å². The summed E-state index contributed by atoms with van der Waals surface area (Å²) < 4.78 is 1.12. The zero-order valence-electron chi connectivity index (χ0n) is 11.5. The summed E-state index contributed by atoms with van der Waals surface area (Å²) in [6.07, 6.45) is 2.37. The molecule has 2 N–H and O–H groups in total. The summed E-state index contributed by atoms with van der Waals surface area (Å²) in [5.41, 5.74) is 1.35. The first kappa shape index (κ1) is 15.3. The van der Waals surface area contributed by atoms with E-state index in [1.54, 1.807) is 0 Å². The van der Waals surface area contributed by atoms with Crippen LogP contribution < -0.4 is 5.32 Å². The maximum absolute atomic E-state index is 10.4. The highest BCUT2D eigenvalue weighted by Crippen LogP contribution is 2.21. The smallest absolute Gasteiger partial charge is 0.404 e. The molecule has 1 saturated heterocycles. The Kier molecular flexibility index (Phi) is 5.86. The van der Waals surface area contributed by atoms with Crippen molar-refractivity contribution in [3.05, 3.63) is 34.3 Å². The third-order valence-electron chi connectivity index (χ3n) is 3.86. The molecule has 0 bridgehead atoms. The van der Waals surface area contributed by atoms with Crippen LogP contribution in [0.1, 0.15) is 24.8 Å². The molecular formula is C15H21BrN2O2.